The number of hydrogen-bond donors (Lipinski definition) is 1. The lowest BCUT2D eigenvalue weighted by Gasteiger charge is -2.11. The number of aryl methyl sites for hydroxylation is 2. The van der Waals surface area contributed by atoms with Gasteiger partial charge in [-0.15, -0.1) is 10.2 Å². The van der Waals surface area contributed by atoms with Gasteiger partial charge in [-0.1, -0.05) is 60.3 Å². The number of para-hydroxylation sites is 1. The summed E-state index contributed by atoms with van der Waals surface area (Å²) in [4.78, 5) is 16.6. The predicted octanol–water partition coefficient (Wildman–Crippen LogP) is 4.62. The molecular weight excluding hydrogens is 406 g/mol. The van der Waals surface area contributed by atoms with E-state index in [0.717, 1.165) is 40.8 Å². The third-order valence-corrected chi connectivity index (χ3v) is 5.84. The average Bonchev–Trinajstić information content (AvgIpc) is 3.22. The fourth-order valence-corrected chi connectivity index (χ4v) is 3.99. The number of anilines is 1. The van der Waals surface area contributed by atoms with E-state index in [-0.39, 0.29) is 11.7 Å². The molecule has 7 heteroatoms. The number of thioether (sulfide) groups is 1. The molecule has 0 unspecified atom stereocenters. The van der Waals surface area contributed by atoms with Crippen LogP contribution >= 0.6 is 11.8 Å². The molecule has 6 nitrogen and oxygen atoms in total. The van der Waals surface area contributed by atoms with Gasteiger partial charge in [0.2, 0.25) is 5.91 Å². The molecule has 0 aliphatic carbocycles. The Morgan fingerprint density at radius 2 is 1.71 bits per heavy atom. The Labute approximate surface area is 185 Å². The van der Waals surface area contributed by atoms with Crippen LogP contribution in [0.25, 0.3) is 11.4 Å². The monoisotopic (exact) mass is 429 g/mol. The number of benzene rings is 2. The fraction of sp³-hybridized carbons (Fsp3) is 0.167. The van der Waals surface area contributed by atoms with Gasteiger partial charge in [0.1, 0.15) is 0 Å². The molecule has 4 rings (SSSR count). The normalized spacial score (nSPS) is 10.7. The molecule has 0 bridgehead atoms. The molecule has 0 saturated heterocycles. The van der Waals surface area contributed by atoms with Gasteiger partial charge in [0, 0.05) is 30.2 Å². The van der Waals surface area contributed by atoms with Gasteiger partial charge in [-0.25, -0.2) is 0 Å². The minimum absolute atomic E-state index is 0.0672. The molecule has 156 valence electrons. The van der Waals surface area contributed by atoms with E-state index in [9.17, 15) is 4.79 Å². The van der Waals surface area contributed by atoms with Gasteiger partial charge in [-0.3, -0.25) is 9.78 Å². The summed E-state index contributed by atoms with van der Waals surface area (Å²) in [5.41, 5.74) is 4.06. The first-order valence-electron chi connectivity index (χ1n) is 10.1. The SMILES string of the molecule is Cc1ccccc1NC(=O)CSc1nnc(-c2ccncc2)n1CCc1ccccc1. The number of nitrogens with zero attached hydrogens (tertiary/aromatic N) is 4. The van der Waals surface area contributed by atoms with Gasteiger partial charge >= 0.3 is 0 Å². The Balaban J connectivity index is 1.50. The van der Waals surface area contributed by atoms with Crippen LogP contribution in [0.1, 0.15) is 11.1 Å². The summed E-state index contributed by atoms with van der Waals surface area (Å²) >= 11 is 1.39. The molecular formula is C24H23N5OS. The molecule has 0 spiro atoms. The lowest BCUT2D eigenvalue weighted by molar-refractivity contribution is -0.113. The topological polar surface area (TPSA) is 72.7 Å². The zero-order chi connectivity index (χ0) is 21.5. The highest BCUT2D eigenvalue weighted by Gasteiger charge is 2.16. The number of carbonyl (C=O) groups excluding carboxylic acids is 1. The number of rotatable bonds is 8. The minimum Gasteiger partial charge on any atom is -0.325 e. The van der Waals surface area contributed by atoms with Crippen molar-refractivity contribution in [2.45, 2.75) is 25.0 Å². The molecule has 0 fully saturated rings. The van der Waals surface area contributed by atoms with Crippen LogP contribution in [0.15, 0.2) is 84.3 Å². The molecule has 0 atom stereocenters. The second-order valence-corrected chi connectivity index (χ2v) is 8.02. The number of carbonyl (C=O) groups is 1. The molecule has 2 aromatic carbocycles. The van der Waals surface area contributed by atoms with Crippen molar-refractivity contribution in [2.75, 3.05) is 11.1 Å². The maximum atomic E-state index is 12.5. The van der Waals surface area contributed by atoms with E-state index in [1.54, 1.807) is 12.4 Å². The second kappa shape index (κ2) is 10.0. The number of nitrogens with one attached hydrogen (secondary N) is 1. The van der Waals surface area contributed by atoms with Crippen LogP contribution < -0.4 is 5.32 Å². The minimum atomic E-state index is -0.0672. The van der Waals surface area contributed by atoms with E-state index in [0.29, 0.717) is 0 Å². The van der Waals surface area contributed by atoms with Crippen molar-refractivity contribution in [3.63, 3.8) is 0 Å². The highest BCUT2D eigenvalue weighted by molar-refractivity contribution is 7.99. The van der Waals surface area contributed by atoms with Crippen molar-refractivity contribution in [1.82, 2.24) is 19.7 Å². The van der Waals surface area contributed by atoms with Gasteiger partial charge in [0.25, 0.3) is 0 Å². The van der Waals surface area contributed by atoms with Crippen LogP contribution in [0, 0.1) is 6.92 Å². The molecule has 0 saturated carbocycles. The summed E-state index contributed by atoms with van der Waals surface area (Å²) in [5, 5.41) is 12.5. The summed E-state index contributed by atoms with van der Waals surface area (Å²) in [5.74, 6) is 0.969. The van der Waals surface area contributed by atoms with E-state index in [4.69, 9.17) is 0 Å². The van der Waals surface area contributed by atoms with E-state index < -0.39 is 0 Å². The average molecular weight is 430 g/mol. The maximum absolute atomic E-state index is 12.5. The highest BCUT2D eigenvalue weighted by Crippen LogP contribution is 2.24. The molecule has 0 aliphatic rings. The molecule has 1 N–H and O–H groups in total. The third-order valence-electron chi connectivity index (χ3n) is 4.87. The van der Waals surface area contributed by atoms with Crippen LogP contribution in [-0.4, -0.2) is 31.4 Å². The van der Waals surface area contributed by atoms with Crippen molar-refractivity contribution >= 4 is 23.4 Å². The zero-order valence-corrected chi connectivity index (χ0v) is 18.0. The zero-order valence-electron chi connectivity index (χ0n) is 17.2. The first-order chi connectivity index (χ1) is 15.2. The van der Waals surface area contributed by atoms with Gasteiger partial charge < -0.3 is 9.88 Å². The Morgan fingerprint density at radius 3 is 2.48 bits per heavy atom. The molecule has 2 heterocycles. The van der Waals surface area contributed by atoms with Gasteiger partial charge in [0.05, 0.1) is 5.75 Å². The first-order valence-corrected chi connectivity index (χ1v) is 11.0. The Kier molecular flexibility index (Phi) is 6.74. The van der Waals surface area contributed by atoms with Crippen molar-refractivity contribution in [1.29, 1.82) is 0 Å². The summed E-state index contributed by atoms with van der Waals surface area (Å²) in [6.07, 6.45) is 4.34. The number of pyridine rings is 1. The van der Waals surface area contributed by atoms with Crippen LogP contribution in [0.4, 0.5) is 5.69 Å². The van der Waals surface area contributed by atoms with Crippen molar-refractivity contribution in [2.24, 2.45) is 0 Å². The Morgan fingerprint density at radius 1 is 0.968 bits per heavy atom. The van der Waals surface area contributed by atoms with Crippen LogP contribution in [0.2, 0.25) is 0 Å². The lowest BCUT2D eigenvalue weighted by atomic mass is 10.1. The highest BCUT2D eigenvalue weighted by atomic mass is 32.2. The molecule has 2 aromatic heterocycles. The molecule has 4 aromatic rings. The lowest BCUT2D eigenvalue weighted by Crippen LogP contribution is -2.15. The predicted molar refractivity (Wildman–Crippen MR) is 124 cm³/mol. The Bertz CT molecular complexity index is 1150. The number of aromatic nitrogens is 4. The Hall–Kier alpha value is -3.45. The quantitative estimate of drug-likeness (QED) is 0.414. The summed E-state index contributed by atoms with van der Waals surface area (Å²) < 4.78 is 2.08. The van der Waals surface area contributed by atoms with Crippen LogP contribution in [0.3, 0.4) is 0 Å². The number of amides is 1. The molecule has 0 radical (unpaired) electrons. The largest absolute Gasteiger partial charge is 0.325 e. The van der Waals surface area contributed by atoms with E-state index in [1.165, 1.54) is 17.3 Å². The summed E-state index contributed by atoms with van der Waals surface area (Å²) in [6, 6.07) is 21.9. The molecule has 1 amide bonds. The summed E-state index contributed by atoms with van der Waals surface area (Å²) in [7, 11) is 0. The van der Waals surface area contributed by atoms with E-state index >= 15 is 0 Å². The first kappa shape index (κ1) is 20.8. The standard InChI is InChI=1S/C24H23N5OS/c1-18-7-5-6-10-21(18)26-22(30)17-31-24-28-27-23(20-11-14-25-15-12-20)29(24)16-13-19-8-3-2-4-9-19/h2-12,14-15H,13,16-17H2,1H3,(H,26,30). The van der Waals surface area contributed by atoms with Crippen molar-refractivity contribution in [3.05, 3.63) is 90.3 Å². The van der Waals surface area contributed by atoms with Gasteiger partial charge in [0.15, 0.2) is 11.0 Å². The van der Waals surface area contributed by atoms with Crippen molar-refractivity contribution < 1.29 is 4.79 Å². The second-order valence-electron chi connectivity index (χ2n) is 7.08. The smallest absolute Gasteiger partial charge is 0.234 e. The van der Waals surface area contributed by atoms with Gasteiger partial charge in [-0.05, 0) is 42.7 Å². The third kappa shape index (κ3) is 5.38. The molecule has 0 aliphatic heterocycles. The summed E-state index contributed by atoms with van der Waals surface area (Å²) in [6.45, 7) is 2.69. The number of hydrogen-bond acceptors (Lipinski definition) is 5. The maximum Gasteiger partial charge on any atom is 0.234 e. The fourth-order valence-electron chi connectivity index (χ4n) is 3.23. The van der Waals surface area contributed by atoms with Gasteiger partial charge in [-0.2, -0.15) is 0 Å². The molecule has 31 heavy (non-hydrogen) atoms. The van der Waals surface area contributed by atoms with E-state index in [1.807, 2.05) is 61.5 Å². The van der Waals surface area contributed by atoms with Crippen LogP contribution in [-0.2, 0) is 17.8 Å². The van der Waals surface area contributed by atoms with E-state index in [2.05, 4.69) is 37.2 Å². The van der Waals surface area contributed by atoms with Crippen LogP contribution in [0.5, 0.6) is 0 Å². The van der Waals surface area contributed by atoms with Crippen molar-refractivity contribution in [3.8, 4) is 11.4 Å².